The summed E-state index contributed by atoms with van der Waals surface area (Å²) < 4.78 is 0. The van der Waals surface area contributed by atoms with Gasteiger partial charge in [0.1, 0.15) is 0 Å². The van der Waals surface area contributed by atoms with Crippen molar-refractivity contribution in [3.63, 3.8) is 0 Å². The maximum Gasteiger partial charge on any atom is 0.253 e. The van der Waals surface area contributed by atoms with Gasteiger partial charge in [-0.1, -0.05) is 25.4 Å². The molecule has 1 unspecified atom stereocenters. The van der Waals surface area contributed by atoms with Crippen LogP contribution in [0.5, 0.6) is 0 Å². The van der Waals surface area contributed by atoms with Gasteiger partial charge in [0.05, 0.1) is 5.92 Å². The number of hydrogen-bond acceptors (Lipinski definition) is 3. The molecule has 1 saturated heterocycles. The molecule has 1 atom stereocenters. The fourth-order valence-corrected chi connectivity index (χ4v) is 3.00. The van der Waals surface area contributed by atoms with Gasteiger partial charge in [-0.05, 0) is 37.1 Å². The van der Waals surface area contributed by atoms with Crippen LogP contribution in [0, 0.1) is 11.8 Å². The van der Waals surface area contributed by atoms with Crippen molar-refractivity contribution < 1.29 is 14.4 Å². The molecule has 7 heteroatoms. The standard InChI is InChI=1S/C19H26ClN3O3/c1-13(2)17(24)21-9-10-22-18(25)15-4-3-11-23(12-15)19(26)14-5-7-16(20)8-6-14/h5-8,13,15H,3-4,9-12H2,1-2H3,(H,21,24)(H,22,25). The Kier molecular flexibility index (Phi) is 7.45. The van der Waals surface area contributed by atoms with Gasteiger partial charge in [0.2, 0.25) is 11.8 Å². The van der Waals surface area contributed by atoms with Crippen molar-refractivity contribution in [2.45, 2.75) is 26.7 Å². The molecule has 1 fully saturated rings. The second-order valence-electron chi connectivity index (χ2n) is 6.83. The van der Waals surface area contributed by atoms with Gasteiger partial charge < -0.3 is 15.5 Å². The van der Waals surface area contributed by atoms with Crippen molar-refractivity contribution in [2.75, 3.05) is 26.2 Å². The summed E-state index contributed by atoms with van der Waals surface area (Å²) in [5.74, 6) is -0.477. The van der Waals surface area contributed by atoms with Crippen molar-refractivity contribution in [1.29, 1.82) is 0 Å². The number of carbonyl (C=O) groups excluding carboxylic acids is 3. The zero-order chi connectivity index (χ0) is 19.1. The number of halogens is 1. The monoisotopic (exact) mass is 379 g/mol. The first-order valence-corrected chi connectivity index (χ1v) is 9.36. The molecular formula is C19H26ClN3O3. The number of nitrogens with one attached hydrogen (secondary N) is 2. The van der Waals surface area contributed by atoms with Crippen LogP contribution < -0.4 is 10.6 Å². The summed E-state index contributed by atoms with van der Waals surface area (Å²) in [6.07, 6.45) is 1.55. The number of amides is 3. The third kappa shape index (κ3) is 5.73. The fraction of sp³-hybridized carbons (Fsp3) is 0.526. The Balaban J connectivity index is 1.81. The van der Waals surface area contributed by atoms with Crippen LogP contribution in [0.3, 0.4) is 0 Å². The summed E-state index contributed by atoms with van der Waals surface area (Å²) in [6, 6.07) is 6.78. The van der Waals surface area contributed by atoms with Gasteiger partial charge in [0, 0.05) is 42.7 Å². The summed E-state index contributed by atoms with van der Waals surface area (Å²) in [5.41, 5.74) is 0.576. The molecule has 1 aliphatic rings. The topological polar surface area (TPSA) is 78.5 Å². The summed E-state index contributed by atoms with van der Waals surface area (Å²) in [4.78, 5) is 38.1. The van der Waals surface area contributed by atoms with E-state index < -0.39 is 0 Å². The van der Waals surface area contributed by atoms with E-state index in [2.05, 4.69) is 10.6 Å². The van der Waals surface area contributed by atoms with Crippen LogP contribution in [0.4, 0.5) is 0 Å². The lowest BCUT2D eigenvalue weighted by molar-refractivity contribution is -0.127. The van der Waals surface area contributed by atoms with E-state index in [0.717, 1.165) is 12.8 Å². The highest BCUT2D eigenvalue weighted by Gasteiger charge is 2.28. The lowest BCUT2D eigenvalue weighted by Gasteiger charge is -2.32. The SMILES string of the molecule is CC(C)C(=O)NCCNC(=O)C1CCCN(C(=O)c2ccc(Cl)cc2)C1. The molecule has 6 nitrogen and oxygen atoms in total. The number of nitrogens with zero attached hydrogens (tertiary/aromatic N) is 1. The van der Waals surface area contributed by atoms with Crippen molar-refractivity contribution in [3.05, 3.63) is 34.9 Å². The predicted octanol–water partition coefficient (Wildman–Crippen LogP) is 2.08. The summed E-state index contributed by atoms with van der Waals surface area (Å²) in [5, 5.41) is 6.19. The molecule has 0 aromatic heterocycles. The van der Waals surface area contributed by atoms with E-state index in [0.29, 0.717) is 36.8 Å². The Labute approximate surface area is 159 Å². The Morgan fingerprint density at radius 3 is 2.46 bits per heavy atom. The van der Waals surface area contributed by atoms with Gasteiger partial charge >= 0.3 is 0 Å². The molecule has 1 heterocycles. The van der Waals surface area contributed by atoms with E-state index in [1.54, 1.807) is 29.2 Å². The number of rotatable bonds is 6. The van der Waals surface area contributed by atoms with Crippen LogP contribution in [0.2, 0.25) is 5.02 Å². The summed E-state index contributed by atoms with van der Waals surface area (Å²) in [6.45, 7) is 5.49. The first-order chi connectivity index (χ1) is 12.4. The molecule has 0 aliphatic carbocycles. The zero-order valence-electron chi connectivity index (χ0n) is 15.3. The van der Waals surface area contributed by atoms with Crippen LogP contribution in [0.1, 0.15) is 37.0 Å². The van der Waals surface area contributed by atoms with E-state index in [9.17, 15) is 14.4 Å². The number of likely N-dealkylation sites (tertiary alicyclic amines) is 1. The highest BCUT2D eigenvalue weighted by Crippen LogP contribution is 2.19. The largest absolute Gasteiger partial charge is 0.354 e. The summed E-state index contributed by atoms with van der Waals surface area (Å²) >= 11 is 5.86. The van der Waals surface area contributed by atoms with Crippen molar-refractivity contribution in [2.24, 2.45) is 11.8 Å². The number of carbonyl (C=O) groups is 3. The second kappa shape index (κ2) is 9.57. The van der Waals surface area contributed by atoms with Gasteiger partial charge in [-0.3, -0.25) is 14.4 Å². The zero-order valence-corrected chi connectivity index (χ0v) is 16.0. The Bertz CT molecular complexity index is 646. The Morgan fingerprint density at radius 1 is 1.15 bits per heavy atom. The van der Waals surface area contributed by atoms with E-state index in [1.165, 1.54) is 0 Å². The van der Waals surface area contributed by atoms with Gasteiger partial charge in [0.15, 0.2) is 0 Å². The molecule has 3 amide bonds. The Morgan fingerprint density at radius 2 is 1.81 bits per heavy atom. The van der Waals surface area contributed by atoms with E-state index >= 15 is 0 Å². The lowest BCUT2D eigenvalue weighted by atomic mass is 9.96. The first kappa shape index (κ1) is 20.2. The van der Waals surface area contributed by atoms with Crippen molar-refractivity contribution in [1.82, 2.24) is 15.5 Å². The highest BCUT2D eigenvalue weighted by atomic mass is 35.5. The minimum absolute atomic E-state index is 0.0309. The van der Waals surface area contributed by atoms with Gasteiger partial charge in [-0.2, -0.15) is 0 Å². The van der Waals surface area contributed by atoms with Crippen molar-refractivity contribution in [3.8, 4) is 0 Å². The molecule has 0 bridgehead atoms. The third-order valence-corrected chi connectivity index (χ3v) is 4.67. The summed E-state index contributed by atoms with van der Waals surface area (Å²) in [7, 11) is 0. The molecule has 2 N–H and O–H groups in total. The molecule has 0 saturated carbocycles. The average molecular weight is 380 g/mol. The lowest BCUT2D eigenvalue weighted by Crippen LogP contribution is -2.46. The van der Waals surface area contributed by atoms with Crippen LogP contribution in [-0.4, -0.2) is 48.8 Å². The van der Waals surface area contributed by atoms with Gasteiger partial charge in [-0.25, -0.2) is 0 Å². The quantitative estimate of drug-likeness (QED) is 0.743. The number of benzene rings is 1. The maximum absolute atomic E-state index is 12.6. The Hall–Kier alpha value is -2.08. The molecule has 2 rings (SSSR count). The maximum atomic E-state index is 12.6. The second-order valence-corrected chi connectivity index (χ2v) is 7.27. The molecule has 0 spiro atoms. The first-order valence-electron chi connectivity index (χ1n) is 8.98. The molecule has 1 aliphatic heterocycles. The minimum Gasteiger partial charge on any atom is -0.354 e. The molecule has 1 aromatic rings. The third-order valence-electron chi connectivity index (χ3n) is 4.42. The fourth-order valence-electron chi connectivity index (χ4n) is 2.87. The van der Waals surface area contributed by atoms with Crippen molar-refractivity contribution >= 4 is 29.3 Å². The molecule has 0 radical (unpaired) electrons. The minimum atomic E-state index is -0.221. The van der Waals surface area contributed by atoms with Crippen LogP contribution >= 0.6 is 11.6 Å². The van der Waals surface area contributed by atoms with Crippen LogP contribution in [0.25, 0.3) is 0 Å². The number of hydrogen-bond donors (Lipinski definition) is 2. The average Bonchev–Trinajstić information content (AvgIpc) is 2.64. The van der Waals surface area contributed by atoms with Crippen LogP contribution in [-0.2, 0) is 9.59 Å². The molecule has 142 valence electrons. The smallest absolute Gasteiger partial charge is 0.253 e. The molecule has 26 heavy (non-hydrogen) atoms. The number of piperidine rings is 1. The highest BCUT2D eigenvalue weighted by molar-refractivity contribution is 6.30. The van der Waals surface area contributed by atoms with Gasteiger partial charge in [-0.15, -0.1) is 0 Å². The molecule has 1 aromatic carbocycles. The predicted molar refractivity (Wildman–Crippen MR) is 101 cm³/mol. The molecular weight excluding hydrogens is 354 g/mol. The van der Waals surface area contributed by atoms with E-state index in [1.807, 2.05) is 13.8 Å². The van der Waals surface area contributed by atoms with E-state index in [4.69, 9.17) is 11.6 Å². The van der Waals surface area contributed by atoms with Gasteiger partial charge in [0.25, 0.3) is 5.91 Å². The van der Waals surface area contributed by atoms with Crippen LogP contribution in [0.15, 0.2) is 24.3 Å². The van der Waals surface area contributed by atoms with E-state index in [-0.39, 0.29) is 29.6 Å². The normalized spacial score (nSPS) is 17.1.